The van der Waals surface area contributed by atoms with E-state index in [1.54, 1.807) is 21.9 Å². The third kappa shape index (κ3) is 6.29. The number of amides is 3. The fraction of sp³-hybridized carbons (Fsp3) is 0.458. The molecule has 2 aliphatic heterocycles. The van der Waals surface area contributed by atoms with Crippen molar-refractivity contribution in [2.75, 3.05) is 42.5 Å². The van der Waals surface area contributed by atoms with Crippen molar-refractivity contribution in [2.24, 2.45) is 0 Å². The molecule has 2 fully saturated rings. The highest BCUT2D eigenvalue weighted by molar-refractivity contribution is 9.11. The van der Waals surface area contributed by atoms with Crippen LogP contribution in [0.25, 0.3) is 0 Å². The molecule has 2 saturated heterocycles. The highest BCUT2D eigenvalue weighted by atomic mass is 79.9. The number of carbonyl (C=O) groups is 3. The summed E-state index contributed by atoms with van der Waals surface area (Å²) in [6, 6.07) is 8.88. The third-order valence-electron chi connectivity index (χ3n) is 5.77. The van der Waals surface area contributed by atoms with Gasteiger partial charge in [-0.2, -0.15) is 0 Å². The van der Waals surface area contributed by atoms with Crippen LogP contribution >= 0.6 is 38.9 Å². The number of hydrogen-bond acceptors (Lipinski definition) is 6. The average Bonchev–Trinajstić information content (AvgIpc) is 3.38. The molecule has 0 radical (unpaired) electrons. The summed E-state index contributed by atoms with van der Waals surface area (Å²) in [7, 11) is 0. The molecule has 3 amide bonds. The van der Waals surface area contributed by atoms with E-state index in [0.29, 0.717) is 48.3 Å². The van der Waals surface area contributed by atoms with Gasteiger partial charge in [0.25, 0.3) is 5.91 Å². The standard InChI is InChI=1S/C24H28BrClN4O4S/c1-24(2,3)34-23(33)29-10-8-28(9-11-29)18-5-4-16(13-17(18)26)30-14-15(12-21(30)31)27-22(32)19-6-7-20(25)35-19/h4-7,13,15H,8-12,14H2,1-3H3,(H,27,32). The molecule has 1 atom stereocenters. The molecule has 1 aromatic heterocycles. The molecule has 0 saturated carbocycles. The van der Waals surface area contributed by atoms with Crippen LogP contribution in [0.4, 0.5) is 16.2 Å². The van der Waals surface area contributed by atoms with Crippen molar-refractivity contribution >= 4 is 68.2 Å². The maximum Gasteiger partial charge on any atom is 0.410 e. The van der Waals surface area contributed by atoms with Gasteiger partial charge in [-0.3, -0.25) is 9.59 Å². The van der Waals surface area contributed by atoms with E-state index in [9.17, 15) is 14.4 Å². The molecular weight excluding hydrogens is 556 g/mol. The number of carbonyl (C=O) groups excluding carboxylic acids is 3. The topological polar surface area (TPSA) is 82.2 Å². The SMILES string of the molecule is CC(C)(C)OC(=O)N1CCN(c2ccc(N3CC(NC(=O)c4ccc(Br)s4)CC3=O)cc2Cl)CC1. The van der Waals surface area contributed by atoms with Crippen molar-refractivity contribution in [3.8, 4) is 0 Å². The molecule has 0 aliphatic carbocycles. The predicted molar refractivity (Wildman–Crippen MR) is 142 cm³/mol. The number of benzene rings is 1. The Kier molecular flexibility index (Phi) is 7.63. The minimum absolute atomic E-state index is 0.0579. The lowest BCUT2D eigenvalue weighted by Crippen LogP contribution is -2.50. The molecule has 0 bridgehead atoms. The highest BCUT2D eigenvalue weighted by Gasteiger charge is 2.33. The fourth-order valence-corrected chi connectivity index (χ4v) is 5.71. The zero-order valence-corrected chi connectivity index (χ0v) is 23.0. The Morgan fingerprint density at radius 3 is 2.46 bits per heavy atom. The summed E-state index contributed by atoms with van der Waals surface area (Å²) in [5.41, 5.74) is 1.04. The Morgan fingerprint density at radius 2 is 1.86 bits per heavy atom. The van der Waals surface area contributed by atoms with E-state index in [2.05, 4.69) is 26.1 Å². The molecule has 1 aromatic carbocycles. The lowest BCUT2D eigenvalue weighted by Gasteiger charge is -2.37. The van der Waals surface area contributed by atoms with E-state index in [-0.39, 0.29) is 30.4 Å². The molecule has 2 aromatic rings. The average molecular weight is 584 g/mol. The minimum atomic E-state index is -0.525. The van der Waals surface area contributed by atoms with E-state index in [1.165, 1.54) is 11.3 Å². The van der Waals surface area contributed by atoms with Crippen molar-refractivity contribution in [3.63, 3.8) is 0 Å². The zero-order valence-electron chi connectivity index (χ0n) is 19.8. The van der Waals surface area contributed by atoms with Crippen LogP contribution in [0, 0.1) is 0 Å². The van der Waals surface area contributed by atoms with Gasteiger partial charge < -0.3 is 24.8 Å². The lowest BCUT2D eigenvalue weighted by molar-refractivity contribution is -0.117. The molecule has 8 nitrogen and oxygen atoms in total. The van der Waals surface area contributed by atoms with Gasteiger partial charge in [-0.1, -0.05) is 11.6 Å². The Bertz CT molecular complexity index is 1130. The van der Waals surface area contributed by atoms with E-state index < -0.39 is 5.60 Å². The Balaban J connectivity index is 1.35. The van der Waals surface area contributed by atoms with Gasteiger partial charge in [-0.25, -0.2) is 4.79 Å². The van der Waals surface area contributed by atoms with Crippen LogP contribution in [0.5, 0.6) is 0 Å². The molecule has 35 heavy (non-hydrogen) atoms. The maximum atomic E-state index is 12.7. The number of hydrogen-bond donors (Lipinski definition) is 1. The van der Waals surface area contributed by atoms with E-state index in [0.717, 1.165) is 9.47 Å². The number of anilines is 2. The van der Waals surface area contributed by atoms with Crippen LogP contribution < -0.4 is 15.1 Å². The molecular formula is C24H28BrClN4O4S. The van der Waals surface area contributed by atoms with Crippen molar-refractivity contribution in [2.45, 2.75) is 38.8 Å². The summed E-state index contributed by atoms with van der Waals surface area (Å²) >= 11 is 11.3. The Labute approximate surface area is 222 Å². The van der Waals surface area contributed by atoms with E-state index in [4.69, 9.17) is 16.3 Å². The number of halogens is 2. The summed E-state index contributed by atoms with van der Waals surface area (Å²) in [4.78, 5) is 43.5. The molecule has 2 aliphatic rings. The second kappa shape index (κ2) is 10.4. The first kappa shape index (κ1) is 25.8. The summed E-state index contributed by atoms with van der Waals surface area (Å²) < 4.78 is 6.34. The van der Waals surface area contributed by atoms with Crippen LogP contribution in [-0.2, 0) is 9.53 Å². The number of thiophene rings is 1. The van der Waals surface area contributed by atoms with Gasteiger partial charge in [-0.15, -0.1) is 11.3 Å². The first-order valence-corrected chi connectivity index (χ1v) is 13.4. The summed E-state index contributed by atoms with van der Waals surface area (Å²) in [6.45, 7) is 8.30. The van der Waals surface area contributed by atoms with Crippen LogP contribution in [0.2, 0.25) is 5.02 Å². The van der Waals surface area contributed by atoms with Crippen LogP contribution in [-0.4, -0.2) is 67.2 Å². The molecule has 1 N–H and O–H groups in total. The number of nitrogens with zero attached hydrogens (tertiary/aromatic N) is 3. The lowest BCUT2D eigenvalue weighted by atomic mass is 10.2. The van der Waals surface area contributed by atoms with E-state index in [1.807, 2.05) is 39.0 Å². The van der Waals surface area contributed by atoms with Gasteiger partial charge in [0.15, 0.2) is 0 Å². The summed E-state index contributed by atoms with van der Waals surface area (Å²) in [5.74, 6) is -0.239. The van der Waals surface area contributed by atoms with E-state index >= 15 is 0 Å². The van der Waals surface area contributed by atoms with Crippen molar-refractivity contribution in [3.05, 3.63) is 44.0 Å². The second-order valence-electron chi connectivity index (χ2n) is 9.57. The van der Waals surface area contributed by atoms with Crippen LogP contribution in [0.15, 0.2) is 34.1 Å². The number of nitrogens with one attached hydrogen (secondary N) is 1. The van der Waals surface area contributed by atoms with Gasteiger partial charge in [0, 0.05) is 44.8 Å². The first-order valence-electron chi connectivity index (χ1n) is 11.4. The monoisotopic (exact) mass is 582 g/mol. The maximum absolute atomic E-state index is 12.7. The van der Waals surface area contributed by atoms with Gasteiger partial charge in [0.05, 0.1) is 25.4 Å². The van der Waals surface area contributed by atoms with Crippen LogP contribution in [0.1, 0.15) is 36.9 Å². The summed E-state index contributed by atoms with van der Waals surface area (Å²) in [6.07, 6.45) is -0.0657. The van der Waals surface area contributed by atoms with Crippen molar-refractivity contribution < 1.29 is 19.1 Å². The predicted octanol–water partition coefficient (Wildman–Crippen LogP) is 4.76. The fourth-order valence-electron chi connectivity index (χ4n) is 4.12. The zero-order chi connectivity index (χ0) is 25.3. The Morgan fingerprint density at radius 1 is 1.14 bits per heavy atom. The molecule has 11 heteroatoms. The number of rotatable bonds is 4. The molecule has 0 spiro atoms. The van der Waals surface area contributed by atoms with Gasteiger partial charge >= 0.3 is 6.09 Å². The highest BCUT2D eigenvalue weighted by Crippen LogP contribution is 2.33. The third-order valence-corrected chi connectivity index (χ3v) is 7.70. The van der Waals surface area contributed by atoms with Crippen LogP contribution in [0.3, 0.4) is 0 Å². The smallest absolute Gasteiger partial charge is 0.410 e. The normalized spacial score (nSPS) is 18.7. The van der Waals surface area contributed by atoms with Crippen molar-refractivity contribution in [1.82, 2.24) is 10.2 Å². The first-order chi connectivity index (χ1) is 16.5. The summed E-state index contributed by atoms with van der Waals surface area (Å²) in [5, 5.41) is 3.49. The second-order valence-corrected chi connectivity index (χ2v) is 12.4. The molecule has 4 rings (SSSR count). The van der Waals surface area contributed by atoms with Gasteiger partial charge in [-0.05, 0) is 67.0 Å². The van der Waals surface area contributed by atoms with Gasteiger partial charge in [0.1, 0.15) is 5.60 Å². The number of ether oxygens (including phenoxy) is 1. The largest absolute Gasteiger partial charge is 0.444 e. The quantitative estimate of drug-likeness (QED) is 0.562. The molecule has 188 valence electrons. The molecule has 3 heterocycles. The van der Waals surface area contributed by atoms with Gasteiger partial charge in [0.2, 0.25) is 5.91 Å². The number of piperazine rings is 1. The Hall–Kier alpha value is -2.30. The van der Waals surface area contributed by atoms with Crippen molar-refractivity contribution in [1.29, 1.82) is 0 Å². The molecule has 1 unspecified atom stereocenters. The minimum Gasteiger partial charge on any atom is -0.444 e.